The molecule has 1 aliphatic rings. The molecule has 0 aromatic carbocycles. The van der Waals surface area contributed by atoms with Crippen LogP contribution in [0.25, 0.3) is 0 Å². The summed E-state index contributed by atoms with van der Waals surface area (Å²) in [6, 6.07) is 0.683. The van der Waals surface area contributed by atoms with Crippen molar-refractivity contribution in [2.75, 3.05) is 32.1 Å². The molecule has 0 bridgehead atoms. The van der Waals surface area contributed by atoms with Gasteiger partial charge in [0.25, 0.3) is 0 Å². The van der Waals surface area contributed by atoms with Crippen molar-refractivity contribution in [3.05, 3.63) is 0 Å². The molecule has 0 amide bonds. The van der Waals surface area contributed by atoms with Crippen molar-refractivity contribution >= 4 is 11.8 Å². The lowest BCUT2D eigenvalue weighted by Gasteiger charge is -2.38. The number of nitrogens with one attached hydrogen (secondary N) is 1. The molecule has 0 spiro atoms. The largest absolute Gasteiger partial charge is 0.311 e. The first-order valence-corrected chi connectivity index (χ1v) is 9.12. The average molecular weight is 287 g/mol. The van der Waals surface area contributed by atoms with Crippen LogP contribution in [-0.2, 0) is 0 Å². The third-order valence-electron chi connectivity index (χ3n) is 4.40. The molecule has 19 heavy (non-hydrogen) atoms. The average Bonchev–Trinajstić information content (AvgIpc) is 2.75. The van der Waals surface area contributed by atoms with E-state index in [9.17, 15) is 0 Å². The van der Waals surface area contributed by atoms with Crippen LogP contribution in [0.1, 0.15) is 53.4 Å². The van der Waals surface area contributed by atoms with E-state index < -0.39 is 0 Å². The Morgan fingerprint density at radius 1 is 1.26 bits per heavy atom. The van der Waals surface area contributed by atoms with Gasteiger partial charge >= 0.3 is 0 Å². The van der Waals surface area contributed by atoms with Crippen LogP contribution in [0.5, 0.6) is 0 Å². The quantitative estimate of drug-likeness (QED) is 0.769. The van der Waals surface area contributed by atoms with Crippen molar-refractivity contribution in [2.45, 2.75) is 65.0 Å². The lowest BCUT2D eigenvalue weighted by Crippen LogP contribution is -2.48. The first kappa shape index (κ1) is 17.3. The molecule has 2 nitrogen and oxygen atoms in total. The molecular formula is C16H34N2S. The van der Waals surface area contributed by atoms with Crippen molar-refractivity contribution in [3.63, 3.8) is 0 Å². The number of hydrogen-bond donors (Lipinski definition) is 1. The highest BCUT2D eigenvalue weighted by molar-refractivity contribution is 7.98. The molecule has 0 aliphatic heterocycles. The molecule has 114 valence electrons. The summed E-state index contributed by atoms with van der Waals surface area (Å²) in [4.78, 5) is 2.58. The maximum Gasteiger partial charge on any atom is 0.0155 e. The fourth-order valence-electron chi connectivity index (χ4n) is 3.02. The first-order valence-electron chi connectivity index (χ1n) is 7.72. The zero-order valence-corrected chi connectivity index (χ0v) is 14.7. The monoisotopic (exact) mass is 286 g/mol. The Balaban J connectivity index is 2.56. The van der Waals surface area contributed by atoms with E-state index in [1.165, 1.54) is 44.5 Å². The van der Waals surface area contributed by atoms with Gasteiger partial charge in [-0.3, -0.25) is 0 Å². The highest BCUT2D eigenvalue weighted by Crippen LogP contribution is 2.38. The highest BCUT2D eigenvalue weighted by atomic mass is 32.2. The maximum absolute atomic E-state index is 3.75. The minimum atomic E-state index is 0.235. The lowest BCUT2D eigenvalue weighted by atomic mass is 9.84. The Labute approximate surface area is 125 Å². The molecule has 1 atom stereocenters. The second-order valence-electron chi connectivity index (χ2n) is 7.53. The Morgan fingerprint density at radius 2 is 1.84 bits per heavy atom. The van der Waals surface area contributed by atoms with Gasteiger partial charge in [0.15, 0.2) is 0 Å². The molecule has 0 radical (unpaired) electrons. The van der Waals surface area contributed by atoms with E-state index in [1.54, 1.807) is 0 Å². The van der Waals surface area contributed by atoms with Gasteiger partial charge < -0.3 is 10.2 Å². The fraction of sp³-hybridized carbons (Fsp3) is 1.00. The molecule has 1 unspecified atom stereocenters. The number of thioether (sulfide) groups is 1. The van der Waals surface area contributed by atoms with E-state index in [4.69, 9.17) is 0 Å². The fourth-order valence-corrected chi connectivity index (χ4v) is 3.76. The van der Waals surface area contributed by atoms with Gasteiger partial charge in [0.1, 0.15) is 0 Å². The molecule has 1 fully saturated rings. The summed E-state index contributed by atoms with van der Waals surface area (Å²) in [5.41, 5.74) is 0.744. The summed E-state index contributed by atoms with van der Waals surface area (Å²) >= 11 is 1.96. The zero-order valence-electron chi connectivity index (χ0n) is 13.9. The van der Waals surface area contributed by atoms with Gasteiger partial charge in [0, 0.05) is 30.4 Å². The third-order valence-corrected chi connectivity index (χ3v) is 5.22. The van der Waals surface area contributed by atoms with Crippen molar-refractivity contribution in [2.24, 2.45) is 5.41 Å². The van der Waals surface area contributed by atoms with Gasteiger partial charge in [-0.25, -0.2) is 0 Å². The predicted octanol–water partition coefficient (Wildman–Crippen LogP) is 3.62. The lowest BCUT2D eigenvalue weighted by molar-refractivity contribution is 0.140. The van der Waals surface area contributed by atoms with Gasteiger partial charge in [0.05, 0.1) is 0 Å². The van der Waals surface area contributed by atoms with Crippen LogP contribution >= 0.6 is 11.8 Å². The molecule has 0 saturated heterocycles. The van der Waals surface area contributed by atoms with Crippen LogP contribution in [0.3, 0.4) is 0 Å². The number of rotatable bonds is 7. The molecule has 1 rings (SSSR count). The van der Waals surface area contributed by atoms with E-state index >= 15 is 0 Å². The molecule has 0 aromatic heterocycles. The Kier molecular flexibility index (Phi) is 6.68. The SMILES string of the molecule is CSCC(C)N(C)CC1(CNC(C)(C)C)CCCC1. The smallest absolute Gasteiger partial charge is 0.0155 e. The van der Waals surface area contributed by atoms with E-state index in [1.807, 2.05) is 11.8 Å². The van der Waals surface area contributed by atoms with Crippen LogP contribution in [0, 0.1) is 5.41 Å². The minimum Gasteiger partial charge on any atom is -0.311 e. The van der Waals surface area contributed by atoms with Gasteiger partial charge in [-0.2, -0.15) is 11.8 Å². The van der Waals surface area contributed by atoms with E-state index in [-0.39, 0.29) is 5.54 Å². The number of nitrogens with zero attached hydrogens (tertiary/aromatic N) is 1. The number of hydrogen-bond acceptors (Lipinski definition) is 3. The van der Waals surface area contributed by atoms with Crippen LogP contribution in [0.2, 0.25) is 0 Å². The van der Waals surface area contributed by atoms with Gasteiger partial charge in [-0.15, -0.1) is 0 Å². The molecule has 1 aliphatic carbocycles. The van der Waals surface area contributed by atoms with Crippen molar-refractivity contribution in [1.82, 2.24) is 10.2 Å². The molecule has 3 heteroatoms. The van der Waals surface area contributed by atoms with Crippen LogP contribution in [-0.4, -0.2) is 48.6 Å². The maximum atomic E-state index is 3.75. The summed E-state index contributed by atoms with van der Waals surface area (Å²) in [7, 11) is 2.30. The van der Waals surface area contributed by atoms with Gasteiger partial charge in [0.2, 0.25) is 0 Å². The molecule has 0 aromatic rings. The van der Waals surface area contributed by atoms with Crippen molar-refractivity contribution in [1.29, 1.82) is 0 Å². The Bertz CT molecular complexity index is 254. The van der Waals surface area contributed by atoms with E-state index in [2.05, 4.69) is 51.2 Å². The van der Waals surface area contributed by atoms with Gasteiger partial charge in [-0.05, 0) is 59.3 Å². The zero-order chi connectivity index (χ0) is 14.5. The summed E-state index contributed by atoms with van der Waals surface area (Å²) in [5.74, 6) is 1.24. The second kappa shape index (κ2) is 7.33. The third kappa shape index (κ3) is 6.05. The topological polar surface area (TPSA) is 15.3 Å². The summed E-state index contributed by atoms with van der Waals surface area (Å²) in [5, 5.41) is 3.75. The van der Waals surface area contributed by atoms with E-state index in [0.717, 1.165) is 0 Å². The van der Waals surface area contributed by atoms with Crippen LogP contribution in [0.4, 0.5) is 0 Å². The Hall–Kier alpha value is 0.270. The summed E-state index contributed by atoms with van der Waals surface area (Å²) < 4.78 is 0. The normalized spacial score (nSPS) is 21.0. The van der Waals surface area contributed by atoms with Crippen molar-refractivity contribution in [3.8, 4) is 0 Å². The molecular weight excluding hydrogens is 252 g/mol. The molecule has 1 saturated carbocycles. The summed E-state index contributed by atoms with van der Waals surface area (Å²) in [6.45, 7) is 11.6. The van der Waals surface area contributed by atoms with Crippen molar-refractivity contribution < 1.29 is 0 Å². The van der Waals surface area contributed by atoms with Crippen LogP contribution in [0.15, 0.2) is 0 Å². The predicted molar refractivity (Wildman–Crippen MR) is 89.1 cm³/mol. The van der Waals surface area contributed by atoms with E-state index in [0.29, 0.717) is 11.5 Å². The second-order valence-corrected chi connectivity index (χ2v) is 8.44. The standard InChI is InChI=1S/C16H34N2S/c1-14(11-19-6)18(5)13-16(9-7-8-10-16)12-17-15(2,3)4/h14,17H,7-13H2,1-6H3. The van der Waals surface area contributed by atoms with Gasteiger partial charge in [-0.1, -0.05) is 12.8 Å². The Morgan fingerprint density at radius 3 is 2.32 bits per heavy atom. The minimum absolute atomic E-state index is 0.235. The molecule has 1 N–H and O–H groups in total. The van der Waals surface area contributed by atoms with Crippen LogP contribution < -0.4 is 5.32 Å². The summed E-state index contributed by atoms with van der Waals surface area (Å²) in [6.07, 6.45) is 7.82. The molecule has 0 heterocycles. The highest BCUT2D eigenvalue weighted by Gasteiger charge is 2.36. The first-order chi connectivity index (χ1) is 8.78.